The summed E-state index contributed by atoms with van der Waals surface area (Å²) >= 11 is 0. The Hall–Kier alpha value is -0.950. The predicted molar refractivity (Wildman–Crippen MR) is 115 cm³/mol. The Labute approximate surface area is 180 Å². The molecule has 0 aromatic heterocycles. The van der Waals surface area contributed by atoms with Gasteiger partial charge in [0.1, 0.15) is 5.78 Å². The summed E-state index contributed by atoms with van der Waals surface area (Å²) in [6.45, 7) is 6.04. The van der Waals surface area contributed by atoms with E-state index in [9.17, 15) is 15.0 Å². The fraction of sp³-hybridized carbons (Fsp3) is 0.875. The van der Waals surface area contributed by atoms with Gasteiger partial charge in [0.05, 0.1) is 12.7 Å². The number of aliphatic hydroxyl groups is 2. The summed E-state index contributed by atoms with van der Waals surface area (Å²) in [5.41, 5.74) is 3.98. The van der Waals surface area contributed by atoms with Gasteiger partial charge in [-0.3, -0.25) is 15.1 Å². The minimum absolute atomic E-state index is 0.0190. The summed E-state index contributed by atoms with van der Waals surface area (Å²) in [6, 6.07) is 0. The molecule has 0 heterocycles. The average molecular weight is 421 g/mol. The lowest BCUT2D eigenvalue weighted by atomic mass is 9.43. The molecule has 8 atom stereocenters. The maximum absolute atomic E-state index is 12.7. The second-order valence-corrected chi connectivity index (χ2v) is 10.7. The summed E-state index contributed by atoms with van der Waals surface area (Å²) in [5.74, 6) is 1.10. The van der Waals surface area contributed by atoms with Crippen molar-refractivity contribution >= 4 is 5.78 Å². The van der Waals surface area contributed by atoms with Crippen LogP contribution >= 0.6 is 0 Å². The molecule has 3 saturated carbocycles. The lowest BCUT2D eigenvalue weighted by Crippen LogP contribution is -2.61. The lowest BCUT2D eigenvalue weighted by molar-refractivity contribution is -0.180. The molecule has 4 aliphatic carbocycles. The van der Waals surface area contributed by atoms with E-state index in [0.717, 1.165) is 50.8 Å². The van der Waals surface area contributed by atoms with Crippen LogP contribution in [-0.4, -0.2) is 48.9 Å². The van der Waals surface area contributed by atoms with Crippen molar-refractivity contribution in [3.8, 4) is 0 Å². The molecule has 6 nitrogen and oxygen atoms in total. The van der Waals surface area contributed by atoms with Crippen LogP contribution in [0.15, 0.2) is 11.8 Å². The Morgan fingerprint density at radius 1 is 1.20 bits per heavy atom. The van der Waals surface area contributed by atoms with E-state index in [0.29, 0.717) is 24.7 Å². The van der Waals surface area contributed by atoms with E-state index < -0.39 is 6.10 Å². The van der Waals surface area contributed by atoms with Crippen LogP contribution < -0.4 is 10.8 Å². The Kier molecular flexibility index (Phi) is 6.33. The first kappa shape index (κ1) is 22.3. The van der Waals surface area contributed by atoms with Crippen molar-refractivity contribution in [3.05, 3.63) is 11.8 Å². The monoisotopic (exact) mass is 420 g/mol. The van der Waals surface area contributed by atoms with Crippen LogP contribution in [0.2, 0.25) is 0 Å². The molecule has 3 unspecified atom stereocenters. The van der Waals surface area contributed by atoms with E-state index >= 15 is 0 Å². The number of carbonyl (C=O) groups is 1. The zero-order chi connectivity index (χ0) is 21.5. The molecule has 0 spiro atoms. The molecular weight excluding hydrogens is 380 g/mol. The first-order valence-electron chi connectivity index (χ1n) is 11.9. The molecule has 30 heavy (non-hydrogen) atoms. The second kappa shape index (κ2) is 8.53. The average Bonchev–Trinajstić information content (AvgIpc) is 3.04. The number of rotatable bonds is 7. The van der Waals surface area contributed by atoms with Gasteiger partial charge in [0.2, 0.25) is 0 Å². The zero-order valence-corrected chi connectivity index (χ0v) is 18.8. The fourth-order valence-electron chi connectivity index (χ4n) is 7.59. The standard InChI is InChI=1S/C24H40N2O4/c1-23-9-7-15(26-30-12-4-11-25-3)13-19(23)16(14-27)22(29)21-17-5-6-20(28)24(17,2)10-8-18(21)23/h13,16-19,21-22,25-27,29H,4-12,14H2,1-3H3/t16?,17-,18+,19?,21-,22?,23+,24-/m0/s1. The van der Waals surface area contributed by atoms with E-state index in [1.54, 1.807) is 0 Å². The first-order chi connectivity index (χ1) is 14.4. The van der Waals surface area contributed by atoms with Crippen LogP contribution in [0.5, 0.6) is 0 Å². The number of aliphatic hydroxyl groups excluding tert-OH is 2. The van der Waals surface area contributed by atoms with Crippen LogP contribution in [0, 0.1) is 40.4 Å². The third-order valence-corrected chi connectivity index (χ3v) is 9.35. The fourth-order valence-corrected chi connectivity index (χ4v) is 7.59. The van der Waals surface area contributed by atoms with Gasteiger partial charge in [-0.2, -0.15) is 0 Å². The number of hydrogen-bond donors (Lipinski definition) is 4. The van der Waals surface area contributed by atoms with Gasteiger partial charge in [-0.25, -0.2) is 0 Å². The number of hydrogen-bond acceptors (Lipinski definition) is 6. The largest absolute Gasteiger partial charge is 0.396 e. The predicted octanol–water partition coefficient (Wildman–Crippen LogP) is 2.41. The van der Waals surface area contributed by atoms with Gasteiger partial charge < -0.3 is 15.5 Å². The van der Waals surface area contributed by atoms with Crippen molar-refractivity contribution in [1.29, 1.82) is 0 Å². The zero-order valence-electron chi connectivity index (χ0n) is 18.8. The number of fused-ring (bicyclic) bond motifs is 5. The van der Waals surface area contributed by atoms with Gasteiger partial charge in [0.15, 0.2) is 0 Å². The molecule has 0 radical (unpaired) electrons. The lowest BCUT2D eigenvalue weighted by Gasteiger charge is -2.62. The summed E-state index contributed by atoms with van der Waals surface area (Å²) in [7, 11) is 1.93. The van der Waals surface area contributed by atoms with E-state index in [1.807, 2.05) is 7.05 Å². The highest BCUT2D eigenvalue weighted by molar-refractivity contribution is 5.87. The summed E-state index contributed by atoms with van der Waals surface area (Å²) in [6.07, 6.45) is 8.07. The van der Waals surface area contributed by atoms with Crippen LogP contribution in [0.1, 0.15) is 58.8 Å². The quantitative estimate of drug-likeness (QED) is 0.374. The van der Waals surface area contributed by atoms with Crippen molar-refractivity contribution in [2.75, 3.05) is 26.8 Å². The minimum atomic E-state index is -0.555. The highest BCUT2D eigenvalue weighted by atomic mass is 16.6. The molecule has 0 aliphatic heterocycles. The third kappa shape index (κ3) is 3.44. The van der Waals surface area contributed by atoms with Gasteiger partial charge in [-0.1, -0.05) is 19.9 Å². The van der Waals surface area contributed by atoms with Crippen molar-refractivity contribution in [2.45, 2.75) is 64.9 Å². The molecular formula is C24H40N2O4. The van der Waals surface area contributed by atoms with Gasteiger partial charge in [0.25, 0.3) is 0 Å². The Morgan fingerprint density at radius 2 is 2.00 bits per heavy atom. The highest BCUT2D eigenvalue weighted by Crippen LogP contribution is 2.66. The van der Waals surface area contributed by atoms with E-state index in [-0.39, 0.29) is 41.1 Å². The van der Waals surface area contributed by atoms with Crippen LogP contribution in [0.25, 0.3) is 0 Å². The first-order valence-corrected chi connectivity index (χ1v) is 11.9. The molecule has 170 valence electrons. The smallest absolute Gasteiger partial charge is 0.139 e. The molecule has 4 aliphatic rings. The Morgan fingerprint density at radius 3 is 2.73 bits per heavy atom. The maximum Gasteiger partial charge on any atom is 0.139 e. The van der Waals surface area contributed by atoms with Crippen LogP contribution in [0.3, 0.4) is 0 Å². The molecule has 0 aromatic rings. The summed E-state index contributed by atoms with van der Waals surface area (Å²) in [5, 5.41) is 24.9. The van der Waals surface area contributed by atoms with Crippen molar-refractivity contribution < 1.29 is 19.8 Å². The number of Topliss-reactive ketones (excluding diaryl/α,β-unsaturated/α-hetero) is 1. The van der Waals surface area contributed by atoms with Crippen molar-refractivity contribution in [1.82, 2.24) is 10.8 Å². The maximum atomic E-state index is 12.7. The molecule has 0 aromatic carbocycles. The molecule has 4 rings (SSSR count). The number of allylic oxidation sites excluding steroid dienone is 2. The number of ketones is 1. The Bertz CT molecular complexity index is 682. The molecule has 0 saturated heterocycles. The van der Waals surface area contributed by atoms with Gasteiger partial charge >= 0.3 is 0 Å². The molecule has 3 fully saturated rings. The van der Waals surface area contributed by atoms with Crippen LogP contribution in [-0.2, 0) is 9.63 Å². The summed E-state index contributed by atoms with van der Waals surface area (Å²) < 4.78 is 0. The second-order valence-electron chi connectivity index (χ2n) is 10.7. The normalized spacial score (nSPS) is 45.4. The minimum Gasteiger partial charge on any atom is -0.396 e. The highest BCUT2D eigenvalue weighted by Gasteiger charge is 2.64. The van der Waals surface area contributed by atoms with E-state index in [4.69, 9.17) is 4.84 Å². The van der Waals surface area contributed by atoms with Crippen LogP contribution in [0.4, 0.5) is 0 Å². The SMILES string of the molecule is CNCCCONC1=CC2C(CO)C(O)[C@@H]3[C@@H](CC[C@]4(C)C(=O)CC[C@@H]34)[C@@]2(C)CC1. The van der Waals surface area contributed by atoms with E-state index in [1.165, 1.54) is 0 Å². The van der Waals surface area contributed by atoms with Crippen molar-refractivity contribution in [2.24, 2.45) is 40.4 Å². The molecule has 6 heteroatoms. The number of carbonyl (C=O) groups excluding carboxylic acids is 1. The van der Waals surface area contributed by atoms with Gasteiger partial charge in [-0.05, 0) is 81.2 Å². The molecule has 4 N–H and O–H groups in total. The summed E-state index contributed by atoms with van der Waals surface area (Å²) in [4.78, 5) is 18.3. The topological polar surface area (TPSA) is 90.8 Å². The number of nitrogens with one attached hydrogen (secondary N) is 2. The van der Waals surface area contributed by atoms with Gasteiger partial charge in [-0.15, -0.1) is 0 Å². The van der Waals surface area contributed by atoms with Crippen molar-refractivity contribution in [3.63, 3.8) is 0 Å². The van der Waals surface area contributed by atoms with Gasteiger partial charge in [0, 0.05) is 30.1 Å². The number of hydroxylamine groups is 1. The molecule has 0 amide bonds. The third-order valence-electron chi connectivity index (χ3n) is 9.35. The molecule has 0 bridgehead atoms. The Balaban J connectivity index is 1.56. The van der Waals surface area contributed by atoms with E-state index in [2.05, 4.69) is 30.7 Å².